The molecule has 8 nitrogen and oxygen atoms in total. The molecule has 3 aromatic carbocycles. The molecule has 5 rings (SSSR count). The predicted octanol–water partition coefficient (Wildman–Crippen LogP) is 4.69. The average molecular weight is 502 g/mol. The van der Waals surface area contributed by atoms with Crippen LogP contribution < -0.4 is 19.6 Å². The lowest BCUT2D eigenvalue weighted by molar-refractivity contribution is -0.384. The third-order valence-corrected chi connectivity index (χ3v) is 6.73. The van der Waals surface area contributed by atoms with E-state index in [1.54, 1.807) is 16.5 Å². The van der Waals surface area contributed by atoms with E-state index in [2.05, 4.69) is 18.0 Å². The van der Waals surface area contributed by atoms with E-state index in [0.717, 1.165) is 28.8 Å². The first kappa shape index (κ1) is 23.5. The summed E-state index contributed by atoms with van der Waals surface area (Å²) in [5, 5.41) is 11.4. The summed E-state index contributed by atoms with van der Waals surface area (Å²) < 4.78 is 13.8. The van der Waals surface area contributed by atoms with Gasteiger partial charge >= 0.3 is 0 Å². The second-order valence-corrected chi connectivity index (χ2v) is 9.33. The number of imidazole rings is 1. The highest BCUT2D eigenvalue weighted by Crippen LogP contribution is 2.26. The van der Waals surface area contributed by atoms with Crippen molar-refractivity contribution in [1.29, 1.82) is 0 Å². The maximum atomic E-state index is 13.1. The van der Waals surface area contributed by atoms with E-state index in [1.165, 1.54) is 29.0 Å². The quantitative estimate of drug-likeness (QED) is 0.174. The van der Waals surface area contributed by atoms with Crippen LogP contribution in [0.3, 0.4) is 0 Å². The first-order valence-corrected chi connectivity index (χ1v) is 12.3. The van der Waals surface area contributed by atoms with Crippen LogP contribution in [0.4, 0.5) is 5.69 Å². The van der Waals surface area contributed by atoms with Crippen molar-refractivity contribution in [1.82, 2.24) is 9.38 Å². The molecule has 0 saturated heterocycles. The van der Waals surface area contributed by atoms with Crippen LogP contribution in [0.25, 0.3) is 22.1 Å². The first-order chi connectivity index (χ1) is 17.4. The third kappa shape index (κ3) is 4.65. The molecular formula is C27H23N3O5S. The summed E-state index contributed by atoms with van der Waals surface area (Å²) in [6.07, 6.45) is 2.54. The topological polar surface area (TPSA) is 96.0 Å². The highest BCUT2D eigenvalue weighted by molar-refractivity contribution is 7.15. The maximum absolute atomic E-state index is 13.1. The minimum Gasteiger partial charge on any atom is -0.490 e. The van der Waals surface area contributed by atoms with Gasteiger partial charge in [0.15, 0.2) is 4.96 Å². The molecule has 0 atom stereocenters. The highest BCUT2D eigenvalue weighted by atomic mass is 32.1. The molecule has 0 N–H and O–H groups in total. The van der Waals surface area contributed by atoms with Crippen LogP contribution in [0.2, 0.25) is 0 Å². The molecular weight excluding hydrogens is 478 g/mol. The van der Waals surface area contributed by atoms with Crippen molar-refractivity contribution in [2.45, 2.75) is 20.3 Å². The predicted molar refractivity (Wildman–Crippen MR) is 140 cm³/mol. The van der Waals surface area contributed by atoms with Crippen molar-refractivity contribution >= 4 is 39.1 Å². The number of aromatic nitrogens is 2. The summed E-state index contributed by atoms with van der Waals surface area (Å²) in [5.41, 5.74) is 3.92. The smallest absolute Gasteiger partial charge is 0.274 e. The second-order valence-electron chi connectivity index (χ2n) is 8.32. The molecule has 0 saturated carbocycles. The van der Waals surface area contributed by atoms with Gasteiger partial charge in [0, 0.05) is 17.7 Å². The Morgan fingerprint density at radius 2 is 1.89 bits per heavy atom. The third-order valence-electron chi connectivity index (χ3n) is 5.76. The van der Waals surface area contributed by atoms with Gasteiger partial charge in [-0.1, -0.05) is 36.5 Å². The number of benzene rings is 3. The first-order valence-electron chi connectivity index (χ1n) is 11.5. The van der Waals surface area contributed by atoms with E-state index in [9.17, 15) is 14.9 Å². The molecule has 0 fully saturated rings. The molecule has 0 amide bonds. The minimum atomic E-state index is -0.472. The Hall–Kier alpha value is -4.24. The van der Waals surface area contributed by atoms with Crippen LogP contribution in [0.5, 0.6) is 11.5 Å². The number of hydrogen-bond acceptors (Lipinski definition) is 7. The minimum absolute atomic E-state index is 0.0871. The monoisotopic (exact) mass is 501 g/mol. The lowest BCUT2D eigenvalue weighted by atomic mass is 10.1. The van der Waals surface area contributed by atoms with Gasteiger partial charge < -0.3 is 9.47 Å². The molecule has 0 aliphatic carbocycles. The number of ether oxygens (including phenoxy) is 2. The van der Waals surface area contributed by atoms with Crippen LogP contribution >= 0.6 is 11.3 Å². The fourth-order valence-electron chi connectivity index (χ4n) is 4.07. The van der Waals surface area contributed by atoms with Crippen LogP contribution in [-0.4, -0.2) is 27.5 Å². The van der Waals surface area contributed by atoms with Gasteiger partial charge in [0.1, 0.15) is 24.7 Å². The van der Waals surface area contributed by atoms with Gasteiger partial charge in [-0.25, -0.2) is 9.38 Å². The fraction of sp³-hybridized carbons (Fsp3) is 0.185. The standard InChI is InChI=1S/C27H23N3O5S/c1-3-18-12-17(2)13-21(14-18)34-10-11-35-24-9-8-20(30(32)33)15-19(24)16-25-26(31)29-23-7-5-4-6-22(23)28-27(29)36-25/h4-9,12-16H,3,10-11H2,1-2H3. The summed E-state index contributed by atoms with van der Waals surface area (Å²) in [6.45, 7) is 4.65. The normalized spacial score (nSPS) is 11.9. The van der Waals surface area contributed by atoms with E-state index >= 15 is 0 Å². The number of nitrogens with zero attached hydrogens (tertiary/aromatic N) is 3. The van der Waals surface area contributed by atoms with Gasteiger partial charge in [0.2, 0.25) is 0 Å². The van der Waals surface area contributed by atoms with Crippen molar-refractivity contribution in [2.24, 2.45) is 0 Å². The van der Waals surface area contributed by atoms with Gasteiger partial charge in [0.25, 0.3) is 11.2 Å². The molecule has 2 heterocycles. The molecule has 0 aliphatic rings. The summed E-state index contributed by atoms with van der Waals surface area (Å²) in [6, 6.07) is 17.8. The molecule has 5 aromatic rings. The highest BCUT2D eigenvalue weighted by Gasteiger charge is 2.14. The molecule has 36 heavy (non-hydrogen) atoms. The summed E-state index contributed by atoms with van der Waals surface area (Å²) in [7, 11) is 0. The zero-order chi connectivity index (χ0) is 25.2. The average Bonchev–Trinajstić information content (AvgIpc) is 3.37. The molecule has 0 spiro atoms. The van der Waals surface area contributed by atoms with Gasteiger partial charge in [0.05, 0.1) is 20.5 Å². The Balaban J connectivity index is 1.43. The number of nitro benzene ring substituents is 1. The summed E-state index contributed by atoms with van der Waals surface area (Å²) in [5.74, 6) is 1.20. The lowest BCUT2D eigenvalue weighted by Crippen LogP contribution is -2.22. The van der Waals surface area contributed by atoms with Crippen molar-refractivity contribution in [3.05, 3.63) is 102 Å². The van der Waals surface area contributed by atoms with Crippen molar-refractivity contribution in [3.8, 4) is 11.5 Å². The van der Waals surface area contributed by atoms with Crippen molar-refractivity contribution in [2.75, 3.05) is 13.2 Å². The number of para-hydroxylation sites is 2. The molecule has 0 aliphatic heterocycles. The van der Waals surface area contributed by atoms with Crippen molar-refractivity contribution in [3.63, 3.8) is 0 Å². The van der Waals surface area contributed by atoms with E-state index in [-0.39, 0.29) is 17.9 Å². The maximum Gasteiger partial charge on any atom is 0.274 e. The number of rotatable bonds is 8. The van der Waals surface area contributed by atoms with E-state index in [0.29, 0.717) is 27.4 Å². The zero-order valence-corrected chi connectivity index (χ0v) is 20.6. The largest absolute Gasteiger partial charge is 0.490 e. The SMILES string of the molecule is CCc1cc(C)cc(OCCOc2ccc([N+](=O)[O-])cc2C=c2sc3nc4ccccc4n3c2=O)c1. The summed E-state index contributed by atoms with van der Waals surface area (Å²) in [4.78, 5) is 29.1. The molecule has 182 valence electrons. The van der Waals surface area contributed by atoms with Crippen molar-refractivity contribution < 1.29 is 14.4 Å². The molecule has 0 unspecified atom stereocenters. The fourth-order valence-corrected chi connectivity index (χ4v) is 5.05. The number of nitro groups is 1. The number of aryl methyl sites for hydroxylation is 2. The van der Waals surface area contributed by atoms with Crippen LogP contribution in [0, 0.1) is 17.0 Å². The number of non-ortho nitro benzene ring substituents is 1. The van der Waals surface area contributed by atoms with E-state index < -0.39 is 4.92 Å². The lowest BCUT2D eigenvalue weighted by Gasteiger charge is -2.12. The molecule has 2 aromatic heterocycles. The van der Waals surface area contributed by atoms with Crippen LogP contribution in [0.1, 0.15) is 23.6 Å². The van der Waals surface area contributed by atoms with Crippen LogP contribution in [-0.2, 0) is 6.42 Å². The molecule has 9 heteroatoms. The number of thiazole rings is 1. The Morgan fingerprint density at radius 1 is 1.08 bits per heavy atom. The number of fused-ring (bicyclic) bond motifs is 3. The van der Waals surface area contributed by atoms with Gasteiger partial charge in [-0.15, -0.1) is 0 Å². The molecule has 0 radical (unpaired) electrons. The Kier molecular flexibility index (Phi) is 6.39. The van der Waals surface area contributed by atoms with Gasteiger partial charge in [-0.2, -0.15) is 0 Å². The van der Waals surface area contributed by atoms with E-state index in [1.807, 2.05) is 43.3 Å². The Labute approximate surface area is 210 Å². The van der Waals surface area contributed by atoms with Crippen LogP contribution in [0.15, 0.2) is 65.5 Å². The number of hydrogen-bond donors (Lipinski definition) is 0. The zero-order valence-electron chi connectivity index (χ0n) is 19.8. The second kappa shape index (κ2) is 9.79. The summed E-state index contributed by atoms with van der Waals surface area (Å²) >= 11 is 1.23. The van der Waals surface area contributed by atoms with E-state index in [4.69, 9.17) is 9.47 Å². The Bertz CT molecular complexity index is 1710. The van der Waals surface area contributed by atoms with Gasteiger partial charge in [-0.05, 0) is 60.9 Å². The molecule has 0 bridgehead atoms. The Morgan fingerprint density at radius 3 is 2.69 bits per heavy atom. The van der Waals surface area contributed by atoms with Gasteiger partial charge in [-0.3, -0.25) is 14.9 Å².